The van der Waals surface area contributed by atoms with Gasteiger partial charge in [0.05, 0.1) is 50.1 Å². The topological polar surface area (TPSA) is 118 Å². The van der Waals surface area contributed by atoms with Crippen LogP contribution in [-0.4, -0.2) is 68.6 Å². The van der Waals surface area contributed by atoms with Crippen LogP contribution in [0.25, 0.3) is 0 Å². The van der Waals surface area contributed by atoms with Crippen molar-refractivity contribution >= 4 is 93.6 Å². The highest BCUT2D eigenvalue weighted by Crippen LogP contribution is 2.37. The van der Waals surface area contributed by atoms with Crippen molar-refractivity contribution < 1.29 is 29.4 Å². The second-order valence-corrected chi connectivity index (χ2v) is 20.9. The molecule has 0 bridgehead atoms. The second kappa shape index (κ2) is 25.1. The molecule has 73 heavy (non-hydrogen) atoms. The van der Waals surface area contributed by atoms with Gasteiger partial charge in [0, 0.05) is 55.3 Å². The van der Waals surface area contributed by atoms with Gasteiger partial charge >= 0.3 is 0 Å². The molecule has 3 aliphatic heterocycles. The van der Waals surface area contributed by atoms with Crippen molar-refractivity contribution in [3.63, 3.8) is 0 Å². The van der Waals surface area contributed by atoms with Crippen LogP contribution in [0.1, 0.15) is 123 Å². The SMILES string of the molecule is CC(O)c1cccc2c1CCN(C(=O)Cc1c(Cl)cccc1Cl)[C@H]2C.C[C@H]1c2cccc(C=O)c2CCN1C(=O)Cc1c(Cl)cccc1Cl.C[C@H]1c2cccc(CO)c2CCN1C(=O)Cc1c(Cl)cccc1Cl. The number of carbonyl (C=O) groups excluding carboxylic acids is 4. The fourth-order valence-corrected chi connectivity index (χ4v) is 11.9. The lowest BCUT2D eigenvalue weighted by molar-refractivity contribution is -0.133. The Morgan fingerprint density at radius 3 is 1.23 bits per heavy atom. The minimum Gasteiger partial charge on any atom is -0.392 e. The van der Waals surface area contributed by atoms with Crippen molar-refractivity contribution in [3.8, 4) is 0 Å². The maximum absolute atomic E-state index is 12.9. The number of halogens is 6. The van der Waals surface area contributed by atoms with Crippen LogP contribution in [0, 0.1) is 0 Å². The van der Waals surface area contributed by atoms with Gasteiger partial charge in [0.2, 0.25) is 17.7 Å². The highest BCUT2D eigenvalue weighted by atomic mass is 35.5. The standard InChI is InChI=1S/C20H21Cl2NO2.C19H19Cl2NO2.C19H17Cl2NO2/c1-12-14-5-3-6-15(13(2)24)16(14)9-10-23(12)20(25)11-17-18(21)7-4-8-19(17)22;2*1-12-14-5-2-4-13(11-23)15(14)8-9-22(12)19(24)10-16-17(20)6-3-7-18(16)21/h3-8,12-13,24H,9-11H2,1-2H3;2-7,12,23H,8-11H2,1H3;2-7,11-12H,8-10H2,1H3/t12-,13?;2*12-/m000/s1. The Bertz CT molecular complexity index is 2960. The molecule has 0 spiro atoms. The summed E-state index contributed by atoms with van der Waals surface area (Å²) in [4.78, 5) is 55.2. The van der Waals surface area contributed by atoms with Crippen LogP contribution in [0.15, 0.2) is 109 Å². The van der Waals surface area contributed by atoms with Gasteiger partial charge in [-0.1, -0.05) is 142 Å². The number of hydrogen-bond donors (Lipinski definition) is 2. The van der Waals surface area contributed by atoms with Crippen LogP contribution >= 0.6 is 69.6 Å². The molecule has 9 rings (SSSR count). The normalized spacial score (nSPS) is 17.2. The lowest BCUT2D eigenvalue weighted by Gasteiger charge is -2.36. The first-order valence-electron chi connectivity index (χ1n) is 24.2. The highest BCUT2D eigenvalue weighted by Gasteiger charge is 2.32. The minimum absolute atomic E-state index is 0.00981. The smallest absolute Gasteiger partial charge is 0.227 e. The van der Waals surface area contributed by atoms with Crippen molar-refractivity contribution in [3.05, 3.63) is 206 Å². The number of aliphatic hydroxyl groups excluding tert-OH is 2. The Labute approximate surface area is 457 Å². The van der Waals surface area contributed by atoms with E-state index in [1.54, 1.807) is 61.5 Å². The molecular formula is C58H57Cl6N3O6. The van der Waals surface area contributed by atoms with E-state index in [2.05, 4.69) is 0 Å². The van der Waals surface area contributed by atoms with E-state index < -0.39 is 6.10 Å². The number of benzene rings is 6. The molecule has 0 aromatic heterocycles. The Hall–Kier alpha value is -4.94. The van der Waals surface area contributed by atoms with Crippen LogP contribution in [0.3, 0.4) is 0 Å². The number of carbonyl (C=O) groups is 4. The molecule has 2 N–H and O–H groups in total. The average Bonchev–Trinajstić information content (AvgIpc) is 3.37. The second-order valence-electron chi connectivity index (χ2n) is 18.4. The van der Waals surface area contributed by atoms with Gasteiger partial charge in [0.1, 0.15) is 6.29 Å². The molecule has 0 fully saturated rings. The molecule has 1 unspecified atom stereocenters. The summed E-state index contributed by atoms with van der Waals surface area (Å²) in [5, 5.41) is 22.6. The molecule has 3 aliphatic rings. The van der Waals surface area contributed by atoms with Gasteiger partial charge in [-0.15, -0.1) is 0 Å². The molecular weight excluding hydrogens is 1050 g/mol. The number of nitrogens with zero attached hydrogens (tertiary/aromatic N) is 3. The third-order valence-electron chi connectivity index (χ3n) is 14.2. The van der Waals surface area contributed by atoms with Gasteiger partial charge in [-0.2, -0.15) is 0 Å². The quantitative estimate of drug-likeness (QED) is 0.139. The lowest BCUT2D eigenvalue weighted by atomic mass is 9.88. The van der Waals surface area contributed by atoms with Gasteiger partial charge in [0.15, 0.2) is 0 Å². The lowest BCUT2D eigenvalue weighted by Crippen LogP contribution is -2.40. The summed E-state index contributed by atoms with van der Waals surface area (Å²) in [5.41, 5.74) is 11.2. The molecule has 4 atom stereocenters. The van der Waals surface area contributed by atoms with Crippen molar-refractivity contribution in [1.82, 2.24) is 14.7 Å². The van der Waals surface area contributed by atoms with E-state index in [-0.39, 0.29) is 61.7 Å². The van der Waals surface area contributed by atoms with E-state index >= 15 is 0 Å². The molecule has 382 valence electrons. The van der Waals surface area contributed by atoms with Gasteiger partial charge in [0.25, 0.3) is 0 Å². The van der Waals surface area contributed by atoms with E-state index in [1.807, 2.05) is 90.1 Å². The number of amides is 3. The molecule has 6 aromatic carbocycles. The first-order valence-corrected chi connectivity index (χ1v) is 26.5. The third kappa shape index (κ3) is 12.6. The maximum atomic E-state index is 12.9. The van der Waals surface area contributed by atoms with Crippen LogP contribution < -0.4 is 0 Å². The van der Waals surface area contributed by atoms with Crippen LogP contribution in [-0.2, 0) is 59.5 Å². The number of aldehydes is 1. The highest BCUT2D eigenvalue weighted by molar-refractivity contribution is 6.37. The van der Waals surface area contributed by atoms with Gasteiger partial charge < -0.3 is 24.9 Å². The number of fused-ring (bicyclic) bond motifs is 3. The van der Waals surface area contributed by atoms with Crippen LogP contribution in [0.5, 0.6) is 0 Å². The largest absolute Gasteiger partial charge is 0.392 e. The first kappa shape index (κ1) is 55.8. The van der Waals surface area contributed by atoms with E-state index in [1.165, 1.54) is 0 Å². The number of rotatable bonds is 9. The Balaban J connectivity index is 0.000000160. The van der Waals surface area contributed by atoms with Crippen molar-refractivity contribution in [2.75, 3.05) is 19.6 Å². The molecule has 6 aromatic rings. The molecule has 0 aliphatic carbocycles. The Kier molecular flexibility index (Phi) is 19.2. The molecule has 0 saturated carbocycles. The number of aliphatic hydroxyl groups is 2. The summed E-state index contributed by atoms with van der Waals surface area (Å²) in [6.45, 7) is 9.67. The predicted octanol–water partition coefficient (Wildman–Crippen LogP) is 13.4. The molecule has 15 heteroatoms. The molecule has 0 radical (unpaired) electrons. The van der Waals surface area contributed by atoms with Gasteiger partial charge in [-0.25, -0.2) is 0 Å². The van der Waals surface area contributed by atoms with E-state index in [4.69, 9.17) is 69.6 Å². The molecule has 3 heterocycles. The Morgan fingerprint density at radius 2 is 0.849 bits per heavy atom. The predicted molar refractivity (Wildman–Crippen MR) is 293 cm³/mol. The summed E-state index contributed by atoms with van der Waals surface area (Å²) >= 11 is 37.1. The van der Waals surface area contributed by atoms with E-state index in [0.29, 0.717) is 78.4 Å². The van der Waals surface area contributed by atoms with E-state index in [0.717, 1.165) is 63.6 Å². The minimum atomic E-state index is -0.508. The van der Waals surface area contributed by atoms with Gasteiger partial charge in [-0.3, -0.25) is 19.2 Å². The number of hydrogen-bond acceptors (Lipinski definition) is 6. The Morgan fingerprint density at radius 1 is 0.521 bits per heavy atom. The van der Waals surface area contributed by atoms with Crippen molar-refractivity contribution in [1.29, 1.82) is 0 Å². The first-order chi connectivity index (χ1) is 34.9. The maximum Gasteiger partial charge on any atom is 0.227 e. The zero-order valence-electron chi connectivity index (χ0n) is 41.0. The van der Waals surface area contributed by atoms with Crippen LogP contribution in [0.4, 0.5) is 0 Å². The molecule has 9 nitrogen and oxygen atoms in total. The monoisotopic (exact) mass is 1100 g/mol. The summed E-state index contributed by atoms with van der Waals surface area (Å²) in [6, 6.07) is 33.1. The molecule has 3 amide bonds. The fourth-order valence-electron chi connectivity index (χ4n) is 10.3. The zero-order chi connectivity index (χ0) is 52.7. The van der Waals surface area contributed by atoms with Crippen molar-refractivity contribution in [2.45, 2.75) is 97.1 Å². The summed E-state index contributed by atoms with van der Waals surface area (Å²) < 4.78 is 0. The summed E-state index contributed by atoms with van der Waals surface area (Å²) in [7, 11) is 0. The van der Waals surface area contributed by atoms with Crippen LogP contribution in [0.2, 0.25) is 30.1 Å². The third-order valence-corrected chi connectivity index (χ3v) is 16.4. The summed E-state index contributed by atoms with van der Waals surface area (Å²) in [5.74, 6) is 0.00723. The van der Waals surface area contributed by atoms with Gasteiger partial charge in [-0.05, 0) is 145 Å². The van der Waals surface area contributed by atoms with E-state index in [9.17, 15) is 29.4 Å². The molecule has 0 saturated heterocycles. The fraction of sp³-hybridized carbons (Fsp3) is 0.310. The zero-order valence-corrected chi connectivity index (χ0v) is 45.5. The van der Waals surface area contributed by atoms with Crippen molar-refractivity contribution in [2.24, 2.45) is 0 Å². The summed E-state index contributed by atoms with van der Waals surface area (Å²) in [6.07, 6.45) is 3.09. The average molecular weight is 1100 g/mol.